The van der Waals surface area contributed by atoms with Gasteiger partial charge in [0.15, 0.2) is 0 Å². The summed E-state index contributed by atoms with van der Waals surface area (Å²) in [5.41, 5.74) is 2.69. The van der Waals surface area contributed by atoms with Gasteiger partial charge in [0, 0.05) is 0 Å². The minimum Gasteiger partial charge on any atom is -0.0871 e. The predicted molar refractivity (Wildman–Crippen MR) is 73.3 cm³/mol. The van der Waals surface area contributed by atoms with Gasteiger partial charge in [0.05, 0.1) is 0 Å². The van der Waals surface area contributed by atoms with E-state index >= 15 is 0 Å². The van der Waals surface area contributed by atoms with E-state index in [1.807, 2.05) is 20.8 Å². The molecule has 0 saturated heterocycles. The zero-order valence-corrected chi connectivity index (χ0v) is 10.0. The second kappa shape index (κ2) is 9.51. The molecule has 15 heavy (non-hydrogen) atoms. The van der Waals surface area contributed by atoms with E-state index in [9.17, 15) is 0 Å². The molecule has 0 fully saturated rings. The lowest BCUT2D eigenvalue weighted by atomic mass is 10.0. The lowest BCUT2D eigenvalue weighted by Crippen LogP contribution is -1.85. The Balaban J connectivity index is 0. The molecule has 0 amide bonds. The number of rotatable bonds is 2. The quantitative estimate of drug-likeness (QED) is 0.599. The van der Waals surface area contributed by atoms with Crippen LogP contribution in [0.5, 0.6) is 0 Å². The fourth-order valence-corrected chi connectivity index (χ4v) is 1.18. The van der Waals surface area contributed by atoms with Gasteiger partial charge in [-0.15, -0.1) is 0 Å². The molecule has 0 radical (unpaired) electrons. The van der Waals surface area contributed by atoms with Gasteiger partial charge in [-0.25, -0.2) is 0 Å². The molecule has 0 aliphatic carbocycles. The van der Waals surface area contributed by atoms with E-state index in [1.54, 1.807) is 0 Å². The van der Waals surface area contributed by atoms with Crippen molar-refractivity contribution in [2.75, 3.05) is 0 Å². The Morgan fingerprint density at radius 1 is 1.00 bits per heavy atom. The highest BCUT2D eigenvalue weighted by atomic mass is 14.0. The standard InChI is InChI=1S/C12H16.C2H6.CH4/c1-4-5-11-6-8-12(9-7-11)10(2)3;1-2;/h4-10H,1-3H3;1-2H3;1H4/b5-4+;;. The van der Waals surface area contributed by atoms with Gasteiger partial charge in [-0.1, -0.05) is 71.5 Å². The molecule has 1 aromatic carbocycles. The molecule has 0 heteroatoms. The minimum absolute atomic E-state index is 0. The average Bonchev–Trinajstić information content (AvgIpc) is 2.22. The predicted octanol–water partition coefficient (Wildman–Crippen LogP) is 5.51. The molecule has 0 N–H and O–H groups in total. The molecule has 0 aromatic heterocycles. The van der Waals surface area contributed by atoms with Gasteiger partial charge in [0.25, 0.3) is 0 Å². The molecular formula is C15H26. The highest BCUT2D eigenvalue weighted by molar-refractivity contribution is 5.49. The molecule has 0 heterocycles. The zero-order chi connectivity index (χ0) is 11.0. The SMILES string of the molecule is C.C/C=C/c1ccc(C(C)C)cc1.CC. The van der Waals surface area contributed by atoms with Crippen molar-refractivity contribution in [3.05, 3.63) is 41.5 Å². The summed E-state index contributed by atoms with van der Waals surface area (Å²) in [6.07, 6.45) is 4.18. The Morgan fingerprint density at radius 3 is 1.80 bits per heavy atom. The summed E-state index contributed by atoms with van der Waals surface area (Å²) in [6.45, 7) is 10.5. The van der Waals surface area contributed by atoms with Gasteiger partial charge in [0.1, 0.15) is 0 Å². The van der Waals surface area contributed by atoms with Crippen molar-refractivity contribution in [2.24, 2.45) is 0 Å². The third-order valence-corrected chi connectivity index (χ3v) is 1.96. The van der Waals surface area contributed by atoms with Crippen molar-refractivity contribution < 1.29 is 0 Å². The lowest BCUT2D eigenvalue weighted by molar-refractivity contribution is 0.866. The van der Waals surface area contributed by atoms with E-state index in [2.05, 4.69) is 50.3 Å². The summed E-state index contributed by atoms with van der Waals surface area (Å²) in [7, 11) is 0. The molecule has 1 aromatic rings. The van der Waals surface area contributed by atoms with Gasteiger partial charge >= 0.3 is 0 Å². The third-order valence-electron chi connectivity index (χ3n) is 1.96. The molecule has 0 unspecified atom stereocenters. The van der Waals surface area contributed by atoms with Crippen molar-refractivity contribution in [3.63, 3.8) is 0 Å². The minimum atomic E-state index is 0. The average molecular weight is 206 g/mol. The summed E-state index contributed by atoms with van der Waals surface area (Å²) in [5, 5.41) is 0. The fourth-order valence-electron chi connectivity index (χ4n) is 1.18. The van der Waals surface area contributed by atoms with Crippen molar-refractivity contribution in [3.8, 4) is 0 Å². The maximum absolute atomic E-state index is 2.21. The first-order valence-corrected chi connectivity index (χ1v) is 5.46. The van der Waals surface area contributed by atoms with E-state index in [0.717, 1.165) is 0 Å². The van der Waals surface area contributed by atoms with E-state index in [1.165, 1.54) is 11.1 Å². The van der Waals surface area contributed by atoms with Crippen molar-refractivity contribution in [1.82, 2.24) is 0 Å². The molecular weight excluding hydrogens is 180 g/mol. The zero-order valence-electron chi connectivity index (χ0n) is 10.0. The van der Waals surface area contributed by atoms with E-state index in [4.69, 9.17) is 0 Å². The molecule has 0 aliphatic rings. The van der Waals surface area contributed by atoms with Gasteiger partial charge in [-0.05, 0) is 24.0 Å². The summed E-state index contributed by atoms with van der Waals surface area (Å²) in [5.74, 6) is 0.629. The molecule has 0 spiro atoms. The largest absolute Gasteiger partial charge is 0.0871 e. The van der Waals surface area contributed by atoms with Crippen LogP contribution in [-0.2, 0) is 0 Å². The van der Waals surface area contributed by atoms with Crippen molar-refractivity contribution in [2.45, 2.75) is 48.0 Å². The van der Waals surface area contributed by atoms with Crippen LogP contribution in [0.1, 0.15) is 59.1 Å². The number of allylic oxidation sites excluding steroid dienone is 1. The topological polar surface area (TPSA) is 0 Å². The molecule has 0 atom stereocenters. The first-order chi connectivity index (χ1) is 6.74. The monoisotopic (exact) mass is 206 g/mol. The van der Waals surface area contributed by atoms with Gasteiger partial charge < -0.3 is 0 Å². The van der Waals surface area contributed by atoms with Crippen molar-refractivity contribution in [1.29, 1.82) is 0 Å². The van der Waals surface area contributed by atoms with Crippen LogP contribution in [0.3, 0.4) is 0 Å². The third kappa shape index (κ3) is 6.11. The summed E-state index contributed by atoms with van der Waals surface area (Å²) in [6, 6.07) is 8.71. The van der Waals surface area contributed by atoms with Crippen LogP contribution in [0, 0.1) is 0 Å². The second-order valence-corrected chi connectivity index (χ2v) is 3.32. The van der Waals surface area contributed by atoms with Crippen LogP contribution in [0.25, 0.3) is 6.08 Å². The van der Waals surface area contributed by atoms with Crippen molar-refractivity contribution >= 4 is 6.08 Å². The van der Waals surface area contributed by atoms with Crippen LogP contribution in [0.15, 0.2) is 30.3 Å². The van der Waals surface area contributed by atoms with E-state index in [0.29, 0.717) is 5.92 Å². The normalized spacial score (nSPS) is 9.47. The Morgan fingerprint density at radius 2 is 1.47 bits per heavy atom. The summed E-state index contributed by atoms with van der Waals surface area (Å²) in [4.78, 5) is 0. The van der Waals surface area contributed by atoms with Gasteiger partial charge in [0.2, 0.25) is 0 Å². The van der Waals surface area contributed by atoms with Crippen LogP contribution in [-0.4, -0.2) is 0 Å². The molecule has 0 nitrogen and oxygen atoms in total. The molecule has 1 rings (SSSR count). The Kier molecular flexibility index (Phi) is 10.4. The van der Waals surface area contributed by atoms with Crippen LogP contribution in [0.4, 0.5) is 0 Å². The number of benzene rings is 1. The maximum Gasteiger partial charge on any atom is -0.0219 e. The van der Waals surface area contributed by atoms with E-state index in [-0.39, 0.29) is 7.43 Å². The molecule has 0 saturated carbocycles. The Hall–Kier alpha value is -1.04. The molecule has 86 valence electrons. The summed E-state index contributed by atoms with van der Waals surface area (Å²) < 4.78 is 0. The highest BCUT2D eigenvalue weighted by Crippen LogP contribution is 2.15. The number of hydrogen-bond acceptors (Lipinski definition) is 0. The Bertz CT molecular complexity index is 252. The highest BCUT2D eigenvalue weighted by Gasteiger charge is 1.96. The van der Waals surface area contributed by atoms with Gasteiger partial charge in [-0.3, -0.25) is 0 Å². The maximum atomic E-state index is 2.21. The Labute approximate surface area is 96.0 Å². The first kappa shape index (κ1) is 16.4. The molecule has 0 aliphatic heterocycles. The summed E-state index contributed by atoms with van der Waals surface area (Å²) >= 11 is 0. The fraction of sp³-hybridized carbons (Fsp3) is 0.467. The van der Waals surface area contributed by atoms with E-state index < -0.39 is 0 Å². The van der Waals surface area contributed by atoms with Crippen LogP contribution < -0.4 is 0 Å². The van der Waals surface area contributed by atoms with Crippen LogP contribution in [0.2, 0.25) is 0 Å². The number of hydrogen-bond donors (Lipinski definition) is 0. The lowest BCUT2D eigenvalue weighted by Gasteiger charge is -2.04. The smallest absolute Gasteiger partial charge is 0.0219 e. The molecule has 0 bridgehead atoms. The van der Waals surface area contributed by atoms with Gasteiger partial charge in [-0.2, -0.15) is 0 Å². The van der Waals surface area contributed by atoms with Crippen LogP contribution >= 0.6 is 0 Å². The second-order valence-electron chi connectivity index (χ2n) is 3.32. The first-order valence-electron chi connectivity index (χ1n) is 5.46.